The summed E-state index contributed by atoms with van der Waals surface area (Å²) in [6, 6.07) is 4.26. The Morgan fingerprint density at radius 1 is 1.29 bits per heavy atom. The summed E-state index contributed by atoms with van der Waals surface area (Å²) in [6.45, 7) is 5.09. The number of piperidine rings is 1. The normalized spacial score (nSPS) is 22.0. The zero-order chi connectivity index (χ0) is 15.6. The van der Waals surface area contributed by atoms with Crippen molar-refractivity contribution in [1.82, 2.24) is 10.2 Å². The molecule has 4 nitrogen and oxygen atoms in total. The number of rotatable bonds is 3. The molecule has 1 heterocycles. The maximum absolute atomic E-state index is 12.2. The number of carbonyl (C=O) groups is 1. The van der Waals surface area contributed by atoms with E-state index in [1.54, 1.807) is 12.0 Å². The minimum Gasteiger partial charge on any atom is -0.496 e. The van der Waals surface area contributed by atoms with Gasteiger partial charge in [-0.3, -0.25) is 4.79 Å². The van der Waals surface area contributed by atoms with Gasteiger partial charge in [-0.25, -0.2) is 0 Å². The Bertz CT molecular complexity index is 526. The minimum atomic E-state index is -0.0689. The molecule has 0 aliphatic carbocycles. The van der Waals surface area contributed by atoms with Crippen LogP contribution in [-0.4, -0.2) is 44.6 Å². The van der Waals surface area contributed by atoms with Gasteiger partial charge in [0.25, 0.3) is 0 Å². The van der Waals surface area contributed by atoms with Crippen LogP contribution in [0, 0.1) is 13.8 Å². The lowest BCUT2D eigenvalue weighted by Crippen LogP contribution is -2.47. The summed E-state index contributed by atoms with van der Waals surface area (Å²) in [7, 11) is 5.34. The Balaban J connectivity index is 2.22. The first-order chi connectivity index (χ1) is 9.93. The maximum Gasteiger partial charge on any atom is 0.239 e. The van der Waals surface area contributed by atoms with Crippen molar-refractivity contribution in [3.63, 3.8) is 0 Å². The van der Waals surface area contributed by atoms with Crippen LogP contribution >= 0.6 is 0 Å². The third kappa shape index (κ3) is 3.38. The molecule has 2 atom stereocenters. The molecular weight excluding hydrogens is 264 g/mol. The van der Waals surface area contributed by atoms with Crippen molar-refractivity contribution in [2.24, 2.45) is 0 Å². The van der Waals surface area contributed by atoms with Gasteiger partial charge >= 0.3 is 0 Å². The van der Waals surface area contributed by atoms with Crippen molar-refractivity contribution in [3.8, 4) is 5.75 Å². The number of nitrogens with zero attached hydrogens (tertiary/aromatic N) is 1. The van der Waals surface area contributed by atoms with Crippen LogP contribution in [0.4, 0.5) is 0 Å². The molecule has 0 aromatic heterocycles. The number of benzene rings is 1. The topological polar surface area (TPSA) is 41.6 Å². The summed E-state index contributed by atoms with van der Waals surface area (Å²) in [6.07, 6.45) is 1.94. The summed E-state index contributed by atoms with van der Waals surface area (Å²) in [5.41, 5.74) is 3.76. The molecule has 1 N–H and O–H groups in total. The molecular formula is C17H26N2O2. The van der Waals surface area contributed by atoms with Crippen LogP contribution in [0.15, 0.2) is 12.1 Å². The second-order valence-corrected chi connectivity index (χ2v) is 6.14. The van der Waals surface area contributed by atoms with Gasteiger partial charge < -0.3 is 15.0 Å². The van der Waals surface area contributed by atoms with Crippen LogP contribution < -0.4 is 10.1 Å². The summed E-state index contributed by atoms with van der Waals surface area (Å²) in [4.78, 5) is 13.8. The first-order valence-electron chi connectivity index (χ1n) is 7.53. The van der Waals surface area contributed by atoms with Gasteiger partial charge in [0.05, 0.1) is 13.2 Å². The average molecular weight is 290 g/mol. The monoisotopic (exact) mass is 290 g/mol. The molecule has 1 aliphatic rings. The lowest BCUT2D eigenvalue weighted by Gasteiger charge is -2.32. The number of amides is 1. The Morgan fingerprint density at radius 3 is 2.62 bits per heavy atom. The molecule has 4 heteroatoms. The van der Waals surface area contributed by atoms with E-state index in [0.29, 0.717) is 5.92 Å². The lowest BCUT2D eigenvalue weighted by atomic mass is 9.83. The van der Waals surface area contributed by atoms with Crippen molar-refractivity contribution in [3.05, 3.63) is 28.8 Å². The van der Waals surface area contributed by atoms with E-state index in [2.05, 4.69) is 31.3 Å². The van der Waals surface area contributed by atoms with Gasteiger partial charge in [-0.1, -0.05) is 6.07 Å². The number of carbonyl (C=O) groups excluding carboxylic acids is 1. The zero-order valence-corrected chi connectivity index (χ0v) is 13.7. The molecule has 0 saturated carbocycles. The molecule has 0 radical (unpaired) electrons. The van der Waals surface area contributed by atoms with Gasteiger partial charge in [-0.05, 0) is 61.9 Å². The number of hydrogen-bond acceptors (Lipinski definition) is 3. The van der Waals surface area contributed by atoms with E-state index in [1.165, 1.54) is 11.1 Å². The first-order valence-corrected chi connectivity index (χ1v) is 7.53. The van der Waals surface area contributed by atoms with Crippen LogP contribution in [0.1, 0.15) is 35.4 Å². The third-order valence-electron chi connectivity index (χ3n) is 4.37. The van der Waals surface area contributed by atoms with E-state index in [9.17, 15) is 4.79 Å². The largest absolute Gasteiger partial charge is 0.496 e. The smallest absolute Gasteiger partial charge is 0.239 e. The highest BCUT2D eigenvalue weighted by molar-refractivity contribution is 5.81. The second-order valence-electron chi connectivity index (χ2n) is 6.14. The third-order valence-corrected chi connectivity index (χ3v) is 4.37. The number of nitrogens with one attached hydrogen (secondary N) is 1. The van der Waals surface area contributed by atoms with Gasteiger partial charge in [0.1, 0.15) is 5.75 Å². The van der Waals surface area contributed by atoms with Crippen molar-refractivity contribution in [2.75, 3.05) is 27.7 Å². The number of hydrogen-bond donors (Lipinski definition) is 1. The Hall–Kier alpha value is -1.55. The van der Waals surface area contributed by atoms with Crippen molar-refractivity contribution >= 4 is 5.91 Å². The fourth-order valence-corrected chi connectivity index (χ4v) is 3.17. The van der Waals surface area contributed by atoms with E-state index in [4.69, 9.17) is 4.74 Å². The highest BCUT2D eigenvalue weighted by Gasteiger charge is 2.29. The fraction of sp³-hybridized carbons (Fsp3) is 0.588. The van der Waals surface area contributed by atoms with E-state index in [1.807, 2.05) is 14.1 Å². The molecule has 1 fully saturated rings. The Labute approximate surface area is 127 Å². The van der Waals surface area contributed by atoms with Crippen molar-refractivity contribution in [2.45, 2.75) is 38.6 Å². The van der Waals surface area contributed by atoms with E-state index >= 15 is 0 Å². The lowest BCUT2D eigenvalue weighted by molar-refractivity contribution is -0.131. The minimum absolute atomic E-state index is 0.0689. The molecule has 1 aliphatic heterocycles. The fourth-order valence-electron chi connectivity index (χ4n) is 3.17. The summed E-state index contributed by atoms with van der Waals surface area (Å²) in [5, 5.41) is 3.34. The van der Waals surface area contributed by atoms with Gasteiger partial charge in [-0.2, -0.15) is 0 Å². The van der Waals surface area contributed by atoms with Crippen molar-refractivity contribution < 1.29 is 9.53 Å². The number of likely N-dealkylation sites (N-methyl/N-ethyl adjacent to an activating group) is 1. The maximum atomic E-state index is 12.2. The number of ether oxygens (including phenoxy) is 1. The van der Waals surface area contributed by atoms with E-state index < -0.39 is 0 Å². The Morgan fingerprint density at radius 2 is 2.00 bits per heavy atom. The number of methoxy groups -OCH3 is 1. The van der Waals surface area contributed by atoms with Gasteiger partial charge in [0.2, 0.25) is 5.91 Å². The molecule has 1 saturated heterocycles. The first kappa shape index (κ1) is 15.8. The summed E-state index contributed by atoms with van der Waals surface area (Å²) in [5.74, 6) is 1.54. The van der Waals surface area contributed by atoms with Crippen LogP contribution in [0.5, 0.6) is 5.75 Å². The van der Waals surface area contributed by atoms with Gasteiger partial charge in [-0.15, -0.1) is 0 Å². The van der Waals surface area contributed by atoms with Crippen LogP contribution in [0.25, 0.3) is 0 Å². The SMILES string of the molecule is COc1cc(C)c(C2CCNC(C(=O)N(C)C)C2)cc1C. The molecule has 2 rings (SSSR count). The second kappa shape index (κ2) is 6.48. The zero-order valence-electron chi connectivity index (χ0n) is 13.7. The quantitative estimate of drug-likeness (QED) is 0.928. The van der Waals surface area contributed by atoms with Crippen LogP contribution in [-0.2, 0) is 4.79 Å². The van der Waals surface area contributed by atoms with Crippen LogP contribution in [0.3, 0.4) is 0 Å². The molecule has 2 unspecified atom stereocenters. The molecule has 1 amide bonds. The molecule has 1 aromatic rings. The molecule has 1 aromatic carbocycles. The van der Waals surface area contributed by atoms with E-state index in [0.717, 1.165) is 30.7 Å². The molecule has 21 heavy (non-hydrogen) atoms. The van der Waals surface area contributed by atoms with Gasteiger partial charge in [0, 0.05) is 14.1 Å². The predicted molar refractivity (Wildman–Crippen MR) is 84.9 cm³/mol. The van der Waals surface area contributed by atoms with Crippen molar-refractivity contribution in [1.29, 1.82) is 0 Å². The average Bonchev–Trinajstić information content (AvgIpc) is 2.48. The molecule has 0 bridgehead atoms. The van der Waals surface area contributed by atoms with E-state index in [-0.39, 0.29) is 11.9 Å². The number of aryl methyl sites for hydroxylation is 2. The Kier molecular flexibility index (Phi) is 4.88. The highest BCUT2D eigenvalue weighted by Crippen LogP contribution is 2.33. The standard InChI is InChI=1S/C17H26N2O2/c1-11-9-16(21-5)12(2)8-14(11)13-6-7-18-15(10-13)17(20)19(3)4/h8-9,13,15,18H,6-7,10H2,1-5H3. The molecule has 116 valence electrons. The predicted octanol–water partition coefficient (Wildman–Crippen LogP) is 2.24. The molecule has 0 spiro atoms. The summed E-state index contributed by atoms with van der Waals surface area (Å²) >= 11 is 0. The van der Waals surface area contributed by atoms with Crippen LogP contribution in [0.2, 0.25) is 0 Å². The van der Waals surface area contributed by atoms with Gasteiger partial charge in [0.15, 0.2) is 0 Å². The summed E-state index contributed by atoms with van der Waals surface area (Å²) < 4.78 is 5.39. The highest BCUT2D eigenvalue weighted by atomic mass is 16.5.